The van der Waals surface area contributed by atoms with Crippen LogP contribution in [-0.4, -0.2) is 10.0 Å². The van der Waals surface area contributed by atoms with Gasteiger partial charge in [-0.05, 0) is 22.9 Å². The van der Waals surface area contributed by atoms with Gasteiger partial charge in [0.15, 0.2) is 0 Å². The van der Waals surface area contributed by atoms with Crippen LogP contribution in [0.5, 0.6) is 5.75 Å². The molecule has 0 aliphatic heterocycles. The van der Waals surface area contributed by atoms with Crippen LogP contribution in [0.25, 0.3) is 10.1 Å². The van der Waals surface area contributed by atoms with Crippen molar-refractivity contribution in [1.29, 1.82) is 0 Å². The Bertz CT molecular complexity index is 523. The van der Waals surface area contributed by atoms with Gasteiger partial charge < -0.3 is 5.11 Å². The molecule has 0 spiro atoms. The van der Waals surface area contributed by atoms with E-state index < -0.39 is 22.2 Å². The number of phenolic OH excluding ortho intramolecular Hbond substituents is 1. The molecule has 0 atom stereocenters. The summed E-state index contributed by atoms with van der Waals surface area (Å²) in [6, 6.07) is 2.64. The van der Waals surface area contributed by atoms with Gasteiger partial charge in [0.2, 0.25) is 11.6 Å². The lowest BCUT2D eigenvalue weighted by molar-refractivity contribution is -0.388. The number of hydrogen-bond donors (Lipinski definition) is 1. The fourth-order valence-corrected chi connectivity index (χ4v) is 2.05. The van der Waals surface area contributed by atoms with Crippen molar-refractivity contribution in [2.24, 2.45) is 0 Å². The van der Waals surface area contributed by atoms with Gasteiger partial charge in [0.05, 0.1) is 9.62 Å². The number of rotatable bonds is 1. The van der Waals surface area contributed by atoms with Crippen molar-refractivity contribution in [2.45, 2.75) is 0 Å². The number of hydrogen-bond acceptors (Lipinski definition) is 4. The van der Waals surface area contributed by atoms with Crippen LogP contribution >= 0.6 is 11.3 Å². The average molecular weight is 213 g/mol. The van der Waals surface area contributed by atoms with Crippen LogP contribution in [-0.2, 0) is 0 Å². The van der Waals surface area contributed by atoms with E-state index >= 15 is 0 Å². The van der Waals surface area contributed by atoms with Gasteiger partial charge in [0, 0.05) is 0 Å². The van der Waals surface area contributed by atoms with Gasteiger partial charge in [-0.25, -0.2) is 0 Å². The van der Waals surface area contributed by atoms with Crippen LogP contribution in [0.15, 0.2) is 17.5 Å². The standard InChI is InChI=1S/C8H4FNO3S/c9-5-3-4-1-2-14-8(4)7(11)6(5)10(12)13/h1-3,11H. The number of nitrogens with zero attached hydrogens (tertiary/aromatic N) is 1. The van der Waals surface area contributed by atoms with E-state index in [1.165, 1.54) is 0 Å². The lowest BCUT2D eigenvalue weighted by atomic mass is 10.2. The Morgan fingerprint density at radius 3 is 2.93 bits per heavy atom. The second-order valence-corrected chi connectivity index (χ2v) is 3.57. The Hall–Kier alpha value is -1.69. The molecule has 1 heterocycles. The molecule has 2 aromatic rings. The molecule has 6 heteroatoms. The lowest BCUT2D eigenvalue weighted by Crippen LogP contribution is -1.92. The van der Waals surface area contributed by atoms with Crippen LogP contribution in [0, 0.1) is 15.9 Å². The van der Waals surface area contributed by atoms with Crippen molar-refractivity contribution in [3.63, 3.8) is 0 Å². The van der Waals surface area contributed by atoms with Gasteiger partial charge in [0.25, 0.3) is 0 Å². The lowest BCUT2D eigenvalue weighted by Gasteiger charge is -1.98. The minimum absolute atomic E-state index is 0.332. The van der Waals surface area contributed by atoms with E-state index in [1.54, 1.807) is 11.4 Å². The van der Waals surface area contributed by atoms with Crippen molar-refractivity contribution in [2.75, 3.05) is 0 Å². The Balaban J connectivity index is 2.89. The Morgan fingerprint density at radius 1 is 1.57 bits per heavy atom. The first-order chi connectivity index (χ1) is 6.61. The summed E-state index contributed by atoms with van der Waals surface area (Å²) in [4.78, 5) is 9.49. The normalized spacial score (nSPS) is 10.6. The van der Waals surface area contributed by atoms with E-state index in [-0.39, 0.29) is 0 Å². The fourth-order valence-electron chi connectivity index (χ4n) is 1.22. The Morgan fingerprint density at radius 2 is 2.29 bits per heavy atom. The summed E-state index contributed by atoms with van der Waals surface area (Å²) in [7, 11) is 0. The second-order valence-electron chi connectivity index (χ2n) is 2.65. The molecule has 0 bridgehead atoms. The maximum atomic E-state index is 13.1. The molecule has 0 aliphatic carbocycles. The smallest absolute Gasteiger partial charge is 0.347 e. The highest BCUT2D eigenvalue weighted by atomic mass is 32.1. The zero-order valence-corrected chi connectivity index (χ0v) is 7.55. The number of fused-ring (bicyclic) bond motifs is 1. The molecule has 0 saturated carbocycles. The predicted octanol–water partition coefficient (Wildman–Crippen LogP) is 2.65. The zero-order chi connectivity index (χ0) is 10.3. The third-order valence-electron chi connectivity index (χ3n) is 1.83. The van der Waals surface area contributed by atoms with Gasteiger partial charge in [0.1, 0.15) is 0 Å². The largest absolute Gasteiger partial charge is 0.501 e. The van der Waals surface area contributed by atoms with Gasteiger partial charge in [-0.2, -0.15) is 4.39 Å². The summed E-state index contributed by atoms with van der Waals surface area (Å²) in [5.74, 6) is -1.61. The molecule has 0 saturated heterocycles. The zero-order valence-electron chi connectivity index (χ0n) is 6.73. The molecule has 0 unspecified atom stereocenters. The summed E-state index contributed by atoms with van der Waals surface area (Å²) >= 11 is 1.13. The number of benzene rings is 1. The highest BCUT2D eigenvalue weighted by Gasteiger charge is 2.23. The van der Waals surface area contributed by atoms with E-state index in [4.69, 9.17) is 0 Å². The number of phenols is 1. The molecule has 72 valence electrons. The first-order valence-corrected chi connectivity index (χ1v) is 4.52. The molecule has 1 aromatic heterocycles. The molecule has 1 aromatic carbocycles. The third kappa shape index (κ3) is 1.12. The monoisotopic (exact) mass is 213 g/mol. The fraction of sp³-hybridized carbons (Fsp3) is 0. The minimum atomic E-state index is -1.02. The van der Waals surface area contributed by atoms with Crippen LogP contribution in [0.1, 0.15) is 0 Å². The quantitative estimate of drug-likeness (QED) is 0.585. The van der Waals surface area contributed by atoms with Crippen molar-refractivity contribution in [3.8, 4) is 5.75 Å². The number of aromatic hydroxyl groups is 1. The van der Waals surface area contributed by atoms with Crippen LogP contribution in [0.3, 0.4) is 0 Å². The number of thiophene rings is 1. The molecule has 2 rings (SSSR count). The van der Waals surface area contributed by atoms with E-state index in [0.29, 0.717) is 10.1 Å². The van der Waals surface area contributed by atoms with Gasteiger partial charge in [-0.1, -0.05) is 0 Å². The maximum absolute atomic E-state index is 13.1. The molecular formula is C8H4FNO3S. The molecule has 0 aliphatic rings. The first-order valence-electron chi connectivity index (χ1n) is 3.64. The summed E-state index contributed by atoms with van der Waals surface area (Å²) in [6.45, 7) is 0. The second kappa shape index (κ2) is 2.91. The van der Waals surface area contributed by atoms with Crippen LogP contribution < -0.4 is 0 Å². The van der Waals surface area contributed by atoms with E-state index in [0.717, 1.165) is 17.4 Å². The summed E-state index contributed by atoms with van der Waals surface area (Å²) in [6.07, 6.45) is 0. The molecule has 14 heavy (non-hydrogen) atoms. The maximum Gasteiger partial charge on any atom is 0.347 e. The third-order valence-corrected chi connectivity index (χ3v) is 2.76. The molecule has 0 amide bonds. The SMILES string of the molecule is O=[N+]([O-])c1c(F)cc2ccsc2c1O. The summed E-state index contributed by atoms with van der Waals surface area (Å²) < 4.78 is 13.4. The van der Waals surface area contributed by atoms with Crippen molar-refractivity contribution >= 4 is 27.1 Å². The topological polar surface area (TPSA) is 63.4 Å². The van der Waals surface area contributed by atoms with E-state index in [9.17, 15) is 19.6 Å². The molecule has 1 N–H and O–H groups in total. The molecule has 0 radical (unpaired) electrons. The van der Waals surface area contributed by atoms with Crippen molar-refractivity contribution in [1.82, 2.24) is 0 Å². The first kappa shape index (κ1) is 8.89. The number of nitro groups is 1. The van der Waals surface area contributed by atoms with Crippen LogP contribution in [0.4, 0.5) is 10.1 Å². The summed E-state index contributed by atoms with van der Waals surface area (Å²) in [5, 5.41) is 21.9. The highest BCUT2D eigenvalue weighted by molar-refractivity contribution is 7.17. The van der Waals surface area contributed by atoms with Crippen molar-refractivity contribution < 1.29 is 14.4 Å². The summed E-state index contributed by atoms with van der Waals surface area (Å²) in [5.41, 5.74) is -0.861. The van der Waals surface area contributed by atoms with Crippen molar-refractivity contribution in [3.05, 3.63) is 33.4 Å². The average Bonchev–Trinajstić information content (AvgIpc) is 2.50. The molecule has 0 fully saturated rings. The van der Waals surface area contributed by atoms with Gasteiger partial charge in [-0.3, -0.25) is 10.1 Å². The Labute approximate surface area is 81.4 Å². The highest BCUT2D eigenvalue weighted by Crippen LogP contribution is 2.39. The number of halogens is 1. The minimum Gasteiger partial charge on any atom is -0.501 e. The van der Waals surface area contributed by atoms with Crippen LogP contribution in [0.2, 0.25) is 0 Å². The molecule has 4 nitrogen and oxygen atoms in total. The Kier molecular flexibility index (Phi) is 1.85. The van der Waals surface area contributed by atoms with Gasteiger partial charge >= 0.3 is 5.69 Å². The predicted molar refractivity (Wildman–Crippen MR) is 50.1 cm³/mol. The van der Waals surface area contributed by atoms with Gasteiger partial charge in [-0.15, -0.1) is 11.3 Å². The van der Waals surface area contributed by atoms with E-state index in [2.05, 4.69) is 0 Å². The van der Waals surface area contributed by atoms with E-state index in [1.807, 2.05) is 0 Å². The number of nitro benzene ring substituents is 1. The molecular weight excluding hydrogens is 209 g/mol.